The molecule has 1 rings (SSSR count). The Bertz CT molecular complexity index is 378. The third kappa shape index (κ3) is 3.22. The average molecular weight is 225 g/mol. The summed E-state index contributed by atoms with van der Waals surface area (Å²) in [4.78, 5) is 10.9. The summed E-state index contributed by atoms with van der Waals surface area (Å²) in [7, 11) is 0. The predicted molar refractivity (Wildman–Crippen MR) is 58.3 cm³/mol. The number of rotatable bonds is 5. The van der Waals surface area contributed by atoms with E-state index in [4.69, 9.17) is 20.7 Å². The summed E-state index contributed by atoms with van der Waals surface area (Å²) in [5, 5.41) is 17.7. The molecule has 0 bridgehead atoms. The van der Waals surface area contributed by atoms with E-state index in [0.717, 1.165) is 5.56 Å². The van der Waals surface area contributed by atoms with Gasteiger partial charge in [-0.25, -0.2) is 0 Å². The molecule has 88 valence electrons. The normalized spacial score (nSPS) is 12.2. The minimum atomic E-state index is -0.907. The van der Waals surface area contributed by atoms with Gasteiger partial charge in [0.05, 0.1) is 6.61 Å². The van der Waals surface area contributed by atoms with Crippen molar-refractivity contribution < 1.29 is 19.7 Å². The van der Waals surface area contributed by atoms with Crippen LogP contribution in [0, 0.1) is 6.92 Å². The summed E-state index contributed by atoms with van der Waals surface area (Å²) >= 11 is 0. The van der Waals surface area contributed by atoms with Crippen LogP contribution in [0.2, 0.25) is 0 Å². The fourth-order valence-corrected chi connectivity index (χ4v) is 1.20. The summed E-state index contributed by atoms with van der Waals surface area (Å²) < 4.78 is 5.26. The molecule has 1 aromatic rings. The Kier molecular flexibility index (Phi) is 4.28. The minimum Gasteiger partial charge on any atom is -0.491 e. The summed E-state index contributed by atoms with van der Waals surface area (Å²) in [5.41, 5.74) is 6.28. The van der Waals surface area contributed by atoms with Crippen LogP contribution < -0.4 is 10.5 Å². The van der Waals surface area contributed by atoms with Gasteiger partial charge in [0.25, 0.3) is 0 Å². The monoisotopic (exact) mass is 225 g/mol. The molecule has 0 fully saturated rings. The van der Waals surface area contributed by atoms with Crippen molar-refractivity contribution in [3.8, 4) is 5.75 Å². The van der Waals surface area contributed by atoms with E-state index in [1.54, 1.807) is 25.1 Å². The van der Waals surface area contributed by atoms with Gasteiger partial charge in [0.2, 0.25) is 5.91 Å². The van der Waals surface area contributed by atoms with Crippen molar-refractivity contribution in [2.45, 2.75) is 13.0 Å². The van der Waals surface area contributed by atoms with Crippen molar-refractivity contribution in [1.29, 1.82) is 0 Å². The van der Waals surface area contributed by atoms with Crippen molar-refractivity contribution in [3.05, 3.63) is 29.3 Å². The van der Waals surface area contributed by atoms with Gasteiger partial charge in [-0.05, 0) is 30.7 Å². The SMILES string of the molecule is Cc1cc(C(N)=O)ccc1OC[C@H](O)CO. The summed E-state index contributed by atoms with van der Waals surface area (Å²) in [5.74, 6) is 0.0579. The zero-order chi connectivity index (χ0) is 12.1. The lowest BCUT2D eigenvalue weighted by Gasteiger charge is -2.12. The van der Waals surface area contributed by atoms with Crippen LogP contribution in [0.1, 0.15) is 15.9 Å². The number of hydrogen-bond donors (Lipinski definition) is 3. The first kappa shape index (κ1) is 12.5. The number of benzene rings is 1. The molecule has 0 heterocycles. The molecule has 0 aliphatic carbocycles. The summed E-state index contributed by atoms with van der Waals surface area (Å²) in [6.07, 6.45) is -0.907. The lowest BCUT2D eigenvalue weighted by molar-refractivity contribution is 0.0534. The van der Waals surface area contributed by atoms with Gasteiger partial charge in [-0.2, -0.15) is 0 Å². The van der Waals surface area contributed by atoms with Crippen LogP contribution in [0.4, 0.5) is 0 Å². The number of aryl methyl sites for hydroxylation is 1. The van der Waals surface area contributed by atoms with Gasteiger partial charge in [0.15, 0.2) is 0 Å². The zero-order valence-corrected chi connectivity index (χ0v) is 9.01. The second-order valence-corrected chi connectivity index (χ2v) is 3.49. The molecule has 0 aliphatic rings. The maximum Gasteiger partial charge on any atom is 0.248 e. The number of primary amides is 1. The smallest absolute Gasteiger partial charge is 0.248 e. The molecule has 0 radical (unpaired) electrons. The molecule has 5 heteroatoms. The number of hydrogen-bond acceptors (Lipinski definition) is 4. The van der Waals surface area contributed by atoms with Crippen molar-refractivity contribution in [3.63, 3.8) is 0 Å². The number of aliphatic hydroxyl groups is 2. The molecule has 0 aliphatic heterocycles. The number of nitrogens with two attached hydrogens (primary N) is 1. The van der Waals surface area contributed by atoms with Gasteiger partial charge < -0.3 is 20.7 Å². The summed E-state index contributed by atoms with van der Waals surface area (Å²) in [6, 6.07) is 4.78. The highest BCUT2D eigenvalue weighted by molar-refractivity contribution is 5.93. The van der Waals surface area contributed by atoms with Gasteiger partial charge >= 0.3 is 0 Å². The van der Waals surface area contributed by atoms with E-state index in [0.29, 0.717) is 11.3 Å². The van der Waals surface area contributed by atoms with Crippen molar-refractivity contribution in [2.24, 2.45) is 5.73 Å². The number of carbonyl (C=O) groups excluding carboxylic acids is 1. The van der Waals surface area contributed by atoms with E-state index < -0.39 is 12.0 Å². The third-order valence-corrected chi connectivity index (χ3v) is 2.10. The molecule has 16 heavy (non-hydrogen) atoms. The second-order valence-electron chi connectivity index (χ2n) is 3.49. The Morgan fingerprint density at radius 1 is 1.56 bits per heavy atom. The highest BCUT2D eigenvalue weighted by Gasteiger charge is 2.07. The van der Waals surface area contributed by atoms with Gasteiger partial charge in [0, 0.05) is 5.56 Å². The minimum absolute atomic E-state index is 0.00720. The molecule has 0 saturated carbocycles. The van der Waals surface area contributed by atoms with Crippen LogP contribution in [0.5, 0.6) is 5.75 Å². The van der Waals surface area contributed by atoms with E-state index >= 15 is 0 Å². The third-order valence-electron chi connectivity index (χ3n) is 2.10. The topological polar surface area (TPSA) is 92.8 Å². The van der Waals surface area contributed by atoms with Crippen molar-refractivity contribution >= 4 is 5.91 Å². The molecule has 0 unspecified atom stereocenters. The molecular weight excluding hydrogens is 210 g/mol. The van der Waals surface area contributed by atoms with Crippen LogP contribution in [0.25, 0.3) is 0 Å². The largest absolute Gasteiger partial charge is 0.491 e. The highest BCUT2D eigenvalue weighted by Crippen LogP contribution is 2.19. The number of amides is 1. The van der Waals surface area contributed by atoms with Gasteiger partial charge in [-0.3, -0.25) is 4.79 Å². The van der Waals surface area contributed by atoms with Crippen LogP contribution in [0.15, 0.2) is 18.2 Å². The Morgan fingerprint density at radius 2 is 2.25 bits per heavy atom. The van der Waals surface area contributed by atoms with Crippen LogP contribution in [-0.4, -0.2) is 35.4 Å². The number of ether oxygens (including phenoxy) is 1. The maximum absolute atomic E-state index is 10.9. The van der Waals surface area contributed by atoms with Crippen LogP contribution >= 0.6 is 0 Å². The Balaban J connectivity index is 2.72. The lowest BCUT2D eigenvalue weighted by Crippen LogP contribution is -2.21. The van der Waals surface area contributed by atoms with Gasteiger partial charge in [0.1, 0.15) is 18.5 Å². The molecule has 0 spiro atoms. The molecule has 0 aromatic heterocycles. The number of carbonyl (C=O) groups is 1. The standard InChI is InChI=1S/C11H15NO4/c1-7-4-8(11(12)15)2-3-10(7)16-6-9(14)5-13/h2-4,9,13-14H,5-6H2,1H3,(H2,12,15)/t9-/m1/s1. The molecule has 0 saturated heterocycles. The fraction of sp³-hybridized carbons (Fsp3) is 0.364. The Morgan fingerprint density at radius 3 is 2.75 bits per heavy atom. The molecular formula is C11H15NO4. The van der Waals surface area contributed by atoms with E-state index in [1.165, 1.54) is 0 Å². The first-order valence-electron chi connectivity index (χ1n) is 4.86. The van der Waals surface area contributed by atoms with E-state index in [9.17, 15) is 4.79 Å². The van der Waals surface area contributed by atoms with E-state index in [-0.39, 0.29) is 13.2 Å². The first-order chi connectivity index (χ1) is 7.54. The highest BCUT2D eigenvalue weighted by atomic mass is 16.5. The Hall–Kier alpha value is -1.59. The first-order valence-corrected chi connectivity index (χ1v) is 4.86. The summed E-state index contributed by atoms with van der Waals surface area (Å²) in [6.45, 7) is 1.43. The number of aliphatic hydroxyl groups excluding tert-OH is 2. The molecule has 5 nitrogen and oxygen atoms in total. The van der Waals surface area contributed by atoms with Crippen molar-refractivity contribution in [2.75, 3.05) is 13.2 Å². The zero-order valence-electron chi connectivity index (χ0n) is 9.01. The average Bonchev–Trinajstić information content (AvgIpc) is 2.26. The molecule has 1 aromatic carbocycles. The lowest BCUT2D eigenvalue weighted by atomic mass is 10.1. The second kappa shape index (κ2) is 5.48. The van der Waals surface area contributed by atoms with E-state index in [1.807, 2.05) is 0 Å². The van der Waals surface area contributed by atoms with Gasteiger partial charge in [-0.15, -0.1) is 0 Å². The molecule has 1 amide bonds. The predicted octanol–water partition coefficient (Wildman–Crippen LogP) is -0.174. The van der Waals surface area contributed by atoms with E-state index in [2.05, 4.69) is 0 Å². The van der Waals surface area contributed by atoms with Crippen molar-refractivity contribution in [1.82, 2.24) is 0 Å². The Labute approximate surface area is 93.5 Å². The molecule has 1 atom stereocenters. The maximum atomic E-state index is 10.9. The quantitative estimate of drug-likeness (QED) is 0.648. The van der Waals surface area contributed by atoms with Gasteiger partial charge in [-0.1, -0.05) is 0 Å². The fourth-order valence-electron chi connectivity index (χ4n) is 1.20. The van der Waals surface area contributed by atoms with Crippen LogP contribution in [-0.2, 0) is 0 Å². The van der Waals surface area contributed by atoms with Crippen LogP contribution in [0.3, 0.4) is 0 Å². The molecule has 4 N–H and O–H groups in total.